The number of hydrogen-bond donors (Lipinski definition) is 1. The van der Waals surface area contributed by atoms with Gasteiger partial charge in [0.05, 0.1) is 11.9 Å². The van der Waals surface area contributed by atoms with Gasteiger partial charge in [-0.25, -0.2) is 8.42 Å². The third-order valence-corrected chi connectivity index (χ3v) is 8.00. The molecule has 204 valence electrons. The van der Waals surface area contributed by atoms with Crippen molar-refractivity contribution in [2.24, 2.45) is 0 Å². The van der Waals surface area contributed by atoms with Crippen molar-refractivity contribution in [1.29, 1.82) is 0 Å². The molecule has 2 rings (SSSR count). The molecule has 10 heteroatoms. The highest BCUT2D eigenvalue weighted by molar-refractivity contribution is 7.92. The molecular weight excluding hydrogens is 533 g/mol. The van der Waals surface area contributed by atoms with E-state index in [1.165, 1.54) is 4.90 Å². The highest BCUT2D eigenvalue weighted by atomic mass is 35.5. The Morgan fingerprint density at radius 1 is 0.973 bits per heavy atom. The van der Waals surface area contributed by atoms with Crippen LogP contribution in [0.1, 0.15) is 64.5 Å². The van der Waals surface area contributed by atoms with Crippen molar-refractivity contribution in [2.75, 3.05) is 17.1 Å². The lowest BCUT2D eigenvalue weighted by Gasteiger charge is -2.33. The summed E-state index contributed by atoms with van der Waals surface area (Å²) in [7, 11) is -3.80. The van der Waals surface area contributed by atoms with Gasteiger partial charge in [0.1, 0.15) is 12.6 Å². The quantitative estimate of drug-likeness (QED) is 0.360. The van der Waals surface area contributed by atoms with Gasteiger partial charge in [0, 0.05) is 22.6 Å². The first kappa shape index (κ1) is 30.9. The maximum absolute atomic E-state index is 13.8. The predicted molar refractivity (Wildman–Crippen MR) is 152 cm³/mol. The largest absolute Gasteiger partial charge is 0.352 e. The summed E-state index contributed by atoms with van der Waals surface area (Å²) >= 11 is 12.4. The zero-order chi connectivity index (χ0) is 27.9. The molecule has 0 aromatic heterocycles. The minimum Gasteiger partial charge on any atom is -0.352 e. The second-order valence-electron chi connectivity index (χ2n) is 9.52. The Balaban J connectivity index is 2.47. The fraction of sp³-hybridized carbons (Fsp3) is 0.481. The van der Waals surface area contributed by atoms with Crippen LogP contribution in [0.2, 0.25) is 10.0 Å². The third-order valence-electron chi connectivity index (χ3n) is 6.27. The van der Waals surface area contributed by atoms with Crippen molar-refractivity contribution in [3.8, 4) is 0 Å². The molecule has 0 aliphatic carbocycles. The molecule has 0 fully saturated rings. The van der Waals surface area contributed by atoms with E-state index in [1.54, 1.807) is 30.3 Å². The van der Waals surface area contributed by atoms with E-state index in [9.17, 15) is 18.0 Å². The van der Waals surface area contributed by atoms with Crippen LogP contribution in [0.25, 0.3) is 0 Å². The smallest absolute Gasteiger partial charge is 0.244 e. The molecule has 0 saturated heterocycles. The molecule has 2 aromatic rings. The second kappa shape index (κ2) is 13.5. The fourth-order valence-corrected chi connectivity index (χ4v) is 5.15. The number of sulfonamides is 1. The van der Waals surface area contributed by atoms with E-state index < -0.39 is 28.5 Å². The average molecular weight is 571 g/mol. The number of carbonyl (C=O) groups excluding carboxylic acids is 2. The van der Waals surface area contributed by atoms with E-state index >= 15 is 0 Å². The summed E-state index contributed by atoms with van der Waals surface area (Å²) in [5, 5.41) is 3.74. The van der Waals surface area contributed by atoms with Gasteiger partial charge in [-0.2, -0.15) is 0 Å². The lowest BCUT2D eigenvalue weighted by Crippen LogP contribution is -2.53. The van der Waals surface area contributed by atoms with Crippen LogP contribution < -0.4 is 9.62 Å². The second-order valence-corrected chi connectivity index (χ2v) is 12.3. The number of nitrogens with one attached hydrogen (secondary N) is 1. The number of rotatable bonds is 12. The molecule has 7 nitrogen and oxygen atoms in total. The maximum Gasteiger partial charge on any atom is 0.244 e. The van der Waals surface area contributed by atoms with Crippen molar-refractivity contribution in [1.82, 2.24) is 10.2 Å². The molecule has 2 atom stereocenters. The maximum atomic E-state index is 13.8. The van der Waals surface area contributed by atoms with E-state index in [0.717, 1.165) is 22.5 Å². The molecule has 0 heterocycles. The van der Waals surface area contributed by atoms with Crippen LogP contribution in [0.15, 0.2) is 42.5 Å². The van der Waals surface area contributed by atoms with Gasteiger partial charge in [0.15, 0.2) is 0 Å². The molecule has 1 N–H and O–H groups in total. The Morgan fingerprint density at radius 3 is 2.08 bits per heavy atom. The van der Waals surface area contributed by atoms with Gasteiger partial charge in [0.2, 0.25) is 21.8 Å². The van der Waals surface area contributed by atoms with E-state index in [-0.39, 0.29) is 24.4 Å². The van der Waals surface area contributed by atoms with Gasteiger partial charge >= 0.3 is 0 Å². The molecular formula is C27H37Cl2N3O4S. The van der Waals surface area contributed by atoms with Crippen LogP contribution in [0.3, 0.4) is 0 Å². The molecule has 0 aliphatic heterocycles. The van der Waals surface area contributed by atoms with Gasteiger partial charge < -0.3 is 10.2 Å². The predicted octanol–water partition coefficient (Wildman–Crippen LogP) is 5.60. The van der Waals surface area contributed by atoms with Gasteiger partial charge in [-0.1, -0.05) is 69.1 Å². The van der Waals surface area contributed by atoms with E-state index in [2.05, 4.69) is 5.32 Å². The molecule has 0 spiro atoms. The fourth-order valence-electron chi connectivity index (χ4n) is 3.83. The molecule has 0 bridgehead atoms. The van der Waals surface area contributed by atoms with Gasteiger partial charge in [-0.15, -0.1) is 0 Å². The monoisotopic (exact) mass is 569 g/mol. The molecule has 37 heavy (non-hydrogen) atoms. The van der Waals surface area contributed by atoms with Crippen molar-refractivity contribution in [2.45, 2.75) is 72.0 Å². The Hall–Kier alpha value is -2.29. The molecule has 2 amide bonds. The molecule has 0 radical (unpaired) electrons. The van der Waals surface area contributed by atoms with E-state index in [4.69, 9.17) is 23.2 Å². The first-order valence-electron chi connectivity index (χ1n) is 12.4. The topological polar surface area (TPSA) is 86.8 Å². The van der Waals surface area contributed by atoms with Crippen LogP contribution in [0, 0.1) is 0 Å². The van der Waals surface area contributed by atoms with Crippen molar-refractivity contribution in [3.05, 3.63) is 63.6 Å². The number of anilines is 1. The Kier molecular flexibility index (Phi) is 11.3. The van der Waals surface area contributed by atoms with Crippen molar-refractivity contribution >= 4 is 50.7 Å². The van der Waals surface area contributed by atoms with E-state index in [1.807, 2.05) is 46.8 Å². The lowest BCUT2D eigenvalue weighted by molar-refractivity contribution is -0.140. The standard InChI is InChI=1S/C27H37Cl2N3O4S/c1-7-19(5)30-27(34)25(8-2)31(16-21-9-12-22(28)15-24(21)29)26(33)17-32(37(6,35)36)23-13-10-20(11-14-23)18(3)4/h9-15,18-19,25H,7-8,16-17H2,1-6H3,(H,30,34)/t19-,25-/m1/s1. The number of benzene rings is 2. The van der Waals surface area contributed by atoms with Gasteiger partial charge in [-0.3, -0.25) is 13.9 Å². The van der Waals surface area contributed by atoms with Crippen LogP contribution in [-0.2, 0) is 26.2 Å². The zero-order valence-corrected chi connectivity index (χ0v) is 24.6. The Bertz CT molecular complexity index is 1190. The summed E-state index contributed by atoms with van der Waals surface area (Å²) in [6, 6.07) is 11.1. The minimum absolute atomic E-state index is 0.0190. The minimum atomic E-state index is -3.80. The number of halogens is 2. The SMILES string of the molecule is CC[C@@H](C)NC(=O)[C@@H](CC)N(Cc1ccc(Cl)cc1Cl)C(=O)CN(c1ccc(C(C)C)cc1)S(C)(=O)=O. The van der Waals surface area contributed by atoms with E-state index in [0.29, 0.717) is 27.7 Å². The first-order chi connectivity index (χ1) is 17.3. The van der Waals surface area contributed by atoms with Gasteiger partial charge in [-0.05, 0) is 61.1 Å². The first-order valence-corrected chi connectivity index (χ1v) is 15.0. The number of hydrogen-bond acceptors (Lipinski definition) is 4. The van der Waals surface area contributed by atoms with Crippen LogP contribution in [0.5, 0.6) is 0 Å². The Labute approximate surface area is 231 Å². The summed E-state index contributed by atoms with van der Waals surface area (Å²) in [5.74, 6) is -0.547. The van der Waals surface area contributed by atoms with Crippen molar-refractivity contribution < 1.29 is 18.0 Å². The van der Waals surface area contributed by atoms with Gasteiger partial charge in [0.25, 0.3) is 0 Å². The molecule has 2 aromatic carbocycles. The third kappa shape index (κ3) is 8.62. The highest BCUT2D eigenvalue weighted by Crippen LogP contribution is 2.26. The number of nitrogens with zero attached hydrogens (tertiary/aromatic N) is 2. The summed E-state index contributed by atoms with van der Waals surface area (Å²) in [6.07, 6.45) is 2.12. The summed E-state index contributed by atoms with van der Waals surface area (Å²) in [5.41, 5.74) is 2.03. The molecule has 0 aliphatic rings. The number of carbonyl (C=O) groups is 2. The lowest BCUT2D eigenvalue weighted by atomic mass is 10.0. The molecule has 0 saturated carbocycles. The normalized spacial score (nSPS) is 13.2. The average Bonchev–Trinajstić information content (AvgIpc) is 2.82. The van der Waals surface area contributed by atoms with Crippen LogP contribution in [-0.4, -0.2) is 50.0 Å². The highest BCUT2D eigenvalue weighted by Gasteiger charge is 2.32. The van der Waals surface area contributed by atoms with Crippen LogP contribution >= 0.6 is 23.2 Å². The molecule has 0 unspecified atom stereocenters. The van der Waals surface area contributed by atoms with Crippen LogP contribution in [0.4, 0.5) is 5.69 Å². The Morgan fingerprint density at radius 2 is 1.59 bits per heavy atom. The number of amides is 2. The summed E-state index contributed by atoms with van der Waals surface area (Å²) < 4.78 is 26.6. The zero-order valence-electron chi connectivity index (χ0n) is 22.3. The summed E-state index contributed by atoms with van der Waals surface area (Å²) in [4.78, 5) is 28.3. The van der Waals surface area contributed by atoms with Crippen molar-refractivity contribution in [3.63, 3.8) is 0 Å². The summed E-state index contributed by atoms with van der Waals surface area (Å²) in [6.45, 7) is 9.30.